The van der Waals surface area contributed by atoms with Crippen molar-refractivity contribution in [3.8, 4) is 0 Å². The summed E-state index contributed by atoms with van der Waals surface area (Å²) < 4.78 is 4.81. The molecule has 0 radical (unpaired) electrons. The second-order valence-electron chi connectivity index (χ2n) is 6.24. The Kier molecular flexibility index (Phi) is 4.49. The molecule has 2 aliphatic rings. The van der Waals surface area contributed by atoms with E-state index in [0.717, 1.165) is 19.3 Å². The van der Waals surface area contributed by atoms with Crippen LogP contribution in [0.4, 0.5) is 11.4 Å². The van der Waals surface area contributed by atoms with E-state index >= 15 is 0 Å². The van der Waals surface area contributed by atoms with E-state index in [1.54, 1.807) is 0 Å². The molecule has 0 atom stereocenters. The molecule has 1 aliphatic carbocycles. The van der Waals surface area contributed by atoms with E-state index in [1.807, 2.05) is 0 Å². The van der Waals surface area contributed by atoms with Gasteiger partial charge in [0.1, 0.15) is 11.4 Å². The molecular formula is C16H20N6O4. The van der Waals surface area contributed by atoms with Gasteiger partial charge in [0.15, 0.2) is 0 Å². The summed E-state index contributed by atoms with van der Waals surface area (Å²) in [7, 11) is 1.21. The Labute approximate surface area is 149 Å². The van der Waals surface area contributed by atoms with Crippen LogP contribution < -0.4 is 16.4 Å². The van der Waals surface area contributed by atoms with Crippen LogP contribution in [0.25, 0.3) is 0 Å². The highest BCUT2D eigenvalue weighted by Gasteiger charge is 2.46. The van der Waals surface area contributed by atoms with E-state index < -0.39 is 16.6 Å². The summed E-state index contributed by atoms with van der Waals surface area (Å²) in [6.07, 6.45) is 3.92. The molecule has 1 aliphatic heterocycles. The zero-order valence-corrected chi connectivity index (χ0v) is 14.3. The summed E-state index contributed by atoms with van der Waals surface area (Å²) >= 11 is 0. The minimum absolute atomic E-state index is 0.0267. The first-order valence-electron chi connectivity index (χ1n) is 8.25. The number of hydrogen-bond acceptors (Lipinski definition) is 9. The average Bonchev–Trinajstić information content (AvgIpc) is 2.60. The zero-order chi connectivity index (χ0) is 18.9. The van der Waals surface area contributed by atoms with Crippen LogP contribution in [-0.4, -0.2) is 35.6 Å². The number of nitro groups is 1. The number of anilines is 1. The van der Waals surface area contributed by atoms with Crippen LogP contribution in [-0.2, 0) is 4.74 Å². The number of nitrogens with two attached hydrogens (primary N) is 2. The van der Waals surface area contributed by atoms with E-state index in [1.165, 1.54) is 30.2 Å². The van der Waals surface area contributed by atoms with E-state index in [-0.39, 0.29) is 28.9 Å². The second-order valence-corrected chi connectivity index (χ2v) is 6.24. The van der Waals surface area contributed by atoms with Gasteiger partial charge in [-0.15, -0.1) is 0 Å². The number of carbonyl (C=O) groups excluding carboxylic acids is 1. The summed E-state index contributed by atoms with van der Waals surface area (Å²) in [5, 5.41) is 11.7. The van der Waals surface area contributed by atoms with Gasteiger partial charge in [0, 0.05) is 6.07 Å². The smallest absolute Gasteiger partial charge is 0.340 e. The second kappa shape index (κ2) is 6.62. The van der Waals surface area contributed by atoms with Gasteiger partial charge in [0.25, 0.3) is 5.69 Å². The number of rotatable bonds is 3. The third-order valence-electron chi connectivity index (χ3n) is 4.69. The van der Waals surface area contributed by atoms with Gasteiger partial charge < -0.3 is 16.2 Å². The largest absolute Gasteiger partial charge is 0.465 e. The first kappa shape index (κ1) is 17.6. The highest BCUT2D eigenvalue weighted by molar-refractivity contribution is 6.10. The maximum absolute atomic E-state index is 12.3. The Morgan fingerprint density at radius 3 is 2.62 bits per heavy atom. The van der Waals surface area contributed by atoms with Crippen molar-refractivity contribution in [1.29, 1.82) is 0 Å². The molecule has 138 valence electrons. The van der Waals surface area contributed by atoms with E-state index in [2.05, 4.69) is 9.98 Å². The standard InChI is InChI=1S/C16H20N6O4/c1-26-13(23)10-6-5-7-11(22(24)25)12(10)21-15(18)19-14(17)20-16(21)8-3-2-4-9-16/h5-7H,2-4,8-9H2,1H3,(H4,17,18,19,20). The van der Waals surface area contributed by atoms with Gasteiger partial charge in [0.2, 0.25) is 11.9 Å². The number of benzene rings is 1. The molecule has 4 N–H and O–H groups in total. The van der Waals surface area contributed by atoms with E-state index in [4.69, 9.17) is 16.2 Å². The van der Waals surface area contributed by atoms with E-state index in [9.17, 15) is 14.9 Å². The lowest BCUT2D eigenvalue weighted by Crippen LogP contribution is -2.58. The molecule has 1 aromatic carbocycles. The molecule has 0 saturated heterocycles. The summed E-state index contributed by atoms with van der Waals surface area (Å²) in [5.41, 5.74) is 10.8. The topological polar surface area (TPSA) is 149 Å². The number of ether oxygens (including phenoxy) is 1. The fraction of sp³-hybridized carbons (Fsp3) is 0.438. The van der Waals surface area contributed by atoms with Crippen molar-refractivity contribution in [2.24, 2.45) is 21.5 Å². The van der Waals surface area contributed by atoms with Gasteiger partial charge in [-0.05, 0) is 31.7 Å². The lowest BCUT2D eigenvalue weighted by molar-refractivity contribution is -0.384. The molecule has 1 spiro atoms. The fourth-order valence-electron chi connectivity index (χ4n) is 3.63. The van der Waals surface area contributed by atoms with Gasteiger partial charge in [-0.25, -0.2) is 9.79 Å². The first-order valence-corrected chi connectivity index (χ1v) is 8.25. The van der Waals surface area contributed by atoms with Gasteiger partial charge in [-0.1, -0.05) is 12.5 Å². The molecule has 0 bridgehead atoms. The predicted octanol–water partition coefficient (Wildman–Crippen LogP) is 1.49. The Hall–Kier alpha value is -3.17. The Morgan fingerprint density at radius 2 is 2.00 bits per heavy atom. The average molecular weight is 360 g/mol. The van der Waals surface area contributed by atoms with Crippen molar-refractivity contribution in [1.82, 2.24) is 0 Å². The van der Waals surface area contributed by atoms with E-state index in [0.29, 0.717) is 12.8 Å². The maximum atomic E-state index is 12.3. The molecule has 26 heavy (non-hydrogen) atoms. The van der Waals surface area contributed by atoms with Crippen LogP contribution in [0.2, 0.25) is 0 Å². The molecule has 0 aromatic heterocycles. The quantitative estimate of drug-likeness (QED) is 0.471. The zero-order valence-electron chi connectivity index (χ0n) is 14.3. The van der Waals surface area contributed by atoms with Crippen LogP contribution in [0, 0.1) is 10.1 Å². The molecule has 10 heteroatoms. The molecule has 1 heterocycles. The van der Waals surface area contributed by atoms with Crippen LogP contribution >= 0.6 is 0 Å². The van der Waals surface area contributed by atoms with Crippen molar-refractivity contribution in [2.75, 3.05) is 12.0 Å². The fourth-order valence-corrected chi connectivity index (χ4v) is 3.63. The number of aliphatic imine (C=N–C) groups is 2. The molecule has 3 rings (SSSR count). The highest BCUT2D eigenvalue weighted by atomic mass is 16.6. The highest BCUT2D eigenvalue weighted by Crippen LogP contribution is 2.44. The van der Waals surface area contributed by atoms with Gasteiger partial charge in [-0.2, -0.15) is 4.99 Å². The monoisotopic (exact) mass is 360 g/mol. The number of hydrogen-bond donors (Lipinski definition) is 2. The summed E-state index contributed by atoms with van der Waals surface area (Å²) in [5.74, 6) is -0.706. The Morgan fingerprint density at radius 1 is 1.31 bits per heavy atom. The summed E-state index contributed by atoms with van der Waals surface area (Å²) in [6, 6.07) is 4.20. The van der Waals surface area contributed by atoms with Crippen LogP contribution in [0.1, 0.15) is 42.5 Å². The van der Waals surface area contributed by atoms with Crippen molar-refractivity contribution in [2.45, 2.75) is 37.8 Å². The number of guanidine groups is 2. The predicted molar refractivity (Wildman–Crippen MR) is 96.0 cm³/mol. The molecule has 0 amide bonds. The van der Waals surface area contributed by atoms with Crippen LogP contribution in [0.5, 0.6) is 0 Å². The van der Waals surface area contributed by atoms with Crippen LogP contribution in [0.3, 0.4) is 0 Å². The third kappa shape index (κ3) is 2.83. The Balaban J connectivity index is 2.27. The van der Waals surface area contributed by atoms with Crippen molar-refractivity contribution < 1.29 is 14.5 Å². The van der Waals surface area contributed by atoms with Crippen molar-refractivity contribution in [3.63, 3.8) is 0 Å². The van der Waals surface area contributed by atoms with Gasteiger partial charge in [0.05, 0.1) is 17.6 Å². The number of nitrogens with zero attached hydrogens (tertiary/aromatic N) is 4. The Bertz CT molecular complexity index is 813. The molecule has 1 fully saturated rings. The minimum atomic E-state index is -0.900. The molecule has 10 nitrogen and oxygen atoms in total. The number of carbonyl (C=O) groups is 1. The minimum Gasteiger partial charge on any atom is -0.465 e. The third-order valence-corrected chi connectivity index (χ3v) is 4.69. The van der Waals surface area contributed by atoms with Crippen molar-refractivity contribution in [3.05, 3.63) is 33.9 Å². The van der Waals surface area contributed by atoms with Crippen molar-refractivity contribution >= 4 is 29.3 Å². The lowest BCUT2D eigenvalue weighted by Gasteiger charge is -2.45. The number of esters is 1. The SMILES string of the molecule is COC(=O)c1cccc([N+](=O)[O-])c1N1C(N)=NC(N)=NC12CCCCC2. The number of para-hydroxylation sites is 1. The normalized spacial score (nSPS) is 18.9. The lowest BCUT2D eigenvalue weighted by atomic mass is 9.86. The molecule has 0 unspecified atom stereocenters. The molecule has 1 saturated carbocycles. The molecular weight excluding hydrogens is 340 g/mol. The summed E-state index contributed by atoms with van der Waals surface area (Å²) in [4.78, 5) is 33.3. The molecule has 1 aromatic rings. The summed E-state index contributed by atoms with van der Waals surface area (Å²) in [6.45, 7) is 0. The number of nitro benzene ring substituents is 1. The maximum Gasteiger partial charge on any atom is 0.340 e. The van der Waals surface area contributed by atoms with Gasteiger partial charge in [-0.3, -0.25) is 15.0 Å². The first-order chi connectivity index (χ1) is 12.4. The number of methoxy groups -OCH3 is 1. The van der Waals surface area contributed by atoms with Gasteiger partial charge >= 0.3 is 5.97 Å². The van der Waals surface area contributed by atoms with Crippen LogP contribution in [0.15, 0.2) is 28.2 Å².